The van der Waals surface area contributed by atoms with Gasteiger partial charge in [0.2, 0.25) is 0 Å². The Labute approximate surface area is 178 Å². The van der Waals surface area contributed by atoms with E-state index in [0.29, 0.717) is 11.1 Å². The van der Waals surface area contributed by atoms with Crippen LogP contribution in [0.5, 0.6) is 0 Å². The summed E-state index contributed by atoms with van der Waals surface area (Å²) in [5, 5.41) is 2.58. The summed E-state index contributed by atoms with van der Waals surface area (Å²) in [7, 11) is 0. The molecule has 1 fully saturated rings. The third kappa shape index (κ3) is 3.84. The fourth-order valence-electron chi connectivity index (χ4n) is 4.32. The van der Waals surface area contributed by atoms with Crippen LogP contribution in [0.1, 0.15) is 17.0 Å². The zero-order valence-corrected chi connectivity index (χ0v) is 17.8. The van der Waals surface area contributed by atoms with Crippen molar-refractivity contribution in [2.45, 2.75) is 20.0 Å². The van der Waals surface area contributed by atoms with Crippen molar-refractivity contribution in [3.05, 3.63) is 75.3 Å². The standard InChI is InChI=1S/C23H24N4O2S/c1-16-5-2-3-6-17(16)13-26-8-10-27(11-9-26)14-20-24-22(28)21-18(15-30-23(21)25-20)19-7-4-12-29-19/h2-7,12,15H,8-11,13-14H2,1H3,(H,24,25,28)/p+2. The molecule has 3 N–H and O–H groups in total. The van der Waals surface area contributed by atoms with Crippen molar-refractivity contribution in [1.82, 2.24) is 9.97 Å². The van der Waals surface area contributed by atoms with E-state index in [0.717, 1.165) is 55.5 Å². The van der Waals surface area contributed by atoms with Crippen LogP contribution >= 0.6 is 11.3 Å². The molecule has 7 heteroatoms. The molecule has 1 aliphatic rings. The fraction of sp³-hybridized carbons (Fsp3) is 0.304. The molecule has 154 valence electrons. The lowest BCUT2D eigenvalue weighted by Crippen LogP contribution is -3.27. The molecule has 30 heavy (non-hydrogen) atoms. The number of aromatic nitrogens is 2. The molecule has 1 aromatic carbocycles. The van der Waals surface area contributed by atoms with Gasteiger partial charge in [-0.2, -0.15) is 0 Å². The summed E-state index contributed by atoms with van der Waals surface area (Å²) in [5.41, 5.74) is 3.56. The number of hydrogen-bond donors (Lipinski definition) is 3. The van der Waals surface area contributed by atoms with E-state index in [2.05, 4.69) is 36.2 Å². The Kier molecular flexibility index (Phi) is 5.25. The van der Waals surface area contributed by atoms with Crippen LogP contribution in [0.3, 0.4) is 0 Å². The van der Waals surface area contributed by atoms with Gasteiger partial charge in [-0.15, -0.1) is 11.3 Å². The zero-order chi connectivity index (χ0) is 20.5. The molecule has 6 nitrogen and oxygen atoms in total. The number of thiophene rings is 1. The molecule has 0 amide bonds. The molecule has 5 rings (SSSR count). The Morgan fingerprint density at radius 3 is 2.57 bits per heavy atom. The number of rotatable bonds is 5. The largest absolute Gasteiger partial charge is 0.464 e. The van der Waals surface area contributed by atoms with Gasteiger partial charge in [0.25, 0.3) is 5.56 Å². The van der Waals surface area contributed by atoms with Crippen LogP contribution in [0.4, 0.5) is 0 Å². The Morgan fingerprint density at radius 2 is 1.83 bits per heavy atom. The fourth-order valence-corrected chi connectivity index (χ4v) is 5.26. The third-order valence-electron chi connectivity index (χ3n) is 6.06. The number of H-pyrrole nitrogens is 1. The van der Waals surface area contributed by atoms with Crippen LogP contribution in [0.25, 0.3) is 21.5 Å². The first-order chi connectivity index (χ1) is 14.7. The molecular formula is C23H26N4O2S+2. The number of nitrogens with one attached hydrogen (secondary N) is 3. The average molecular weight is 423 g/mol. The molecule has 1 saturated heterocycles. The number of hydrogen-bond acceptors (Lipinski definition) is 4. The monoisotopic (exact) mass is 422 g/mol. The maximum Gasteiger partial charge on any atom is 0.260 e. The van der Waals surface area contributed by atoms with Crippen molar-refractivity contribution >= 4 is 21.6 Å². The topological polar surface area (TPSA) is 67.8 Å². The number of nitrogens with zero attached hydrogens (tertiary/aromatic N) is 1. The number of aromatic amines is 1. The molecule has 0 radical (unpaired) electrons. The number of quaternary nitrogens is 2. The van der Waals surface area contributed by atoms with Gasteiger partial charge < -0.3 is 19.2 Å². The molecule has 1 aliphatic heterocycles. The molecule has 4 heterocycles. The predicted octanol–water partition coefficient (Wildman–Crippen LogP) is 1.04. The lowest BCUT2D eigenvalue weighted by atomic mass is 10.1. The van der Waals surface area contributed by atoms with Gasteiger partial charge in [-0.1, -0.05) is 24.3 Å². The van der Waals surface area contributed by atoms with E-state index in [1.165, 1.54) is 27.4 Å². The van der Waals surface area contributed by atoms with Crippen molar-refractivity contribution in [2.75, 3.05) is 26.2 Å². The van der Waals surface area contributed by atoms with Gasteiger partial charge in [0.05, 0.1) is 11.6 Å². The number of aryl methyl sites for hydroxylation is 1. The summed E-state index contributed by atoms with van der Waals surface area (Å²) in [4.78, 5) is 24.4. The van der Waals surface area contributed by atoms with Crippen LogP contribution in [-0.4, -0.2) is 36.1 Å². The van der Waals surface area contributed by atoms with Gasteiger partial charge >= 0.3 is 0 Å². The molecule has 0 saturated carbocycles. The van der Waals surface area contributed by atoms with Crippen molar-refractivity contribution < 1.29 is 14.2 Å². The van der Waals surface area contributed by atoms with Gasteiger partial charge in [-0.3, -0.25) is 4.79 Å². The molecule has 0 bridgehead atoms. The van der Waals surface area contributed by atoms with Crippen LogP contribution in [0.2, 0.25) is 0 Å². The van der Waals surface area contributed by atoms with E-state index in [1.54, 1.807) is 11.2 Å². The first-order valence-electron chi connectivity index (χ1n) is 10.4. The summed E-state index contributed by atoms with van der Waals surface area (Å²) in [6.07, 6.45) is 1.62. The van der Waals surface area contributed by atoms with Gasteiger partial charge in [-0.05, 0) is 24.6 Å². The SMILES string of the molecule is Cc1ccccc1C[NH+]1CC[NH+](Cc2nc3scc(-c4ccco4)c3c(=O)[nH]2)CC1. The predicted molar refractivity (Wildman–Crippen MR) is 118 cm³/mol. The summed E-state index contributed by atoms with van der Waals surface area (Å²) in [6, 6.07) is 12.4. The minimum Gasteiger partial charge on any atom is -0.464 e. The number of furan rings is 1. The van der Waals surface area contributed by atoms with E-state index in [9.17, 15) is 4.79 Å². The second kappa shape index (κ2) is 8.18. The molecular weight excluding hydrogens is 396 g/mol. The normalized spacial score (nSPS) is 19.4. The minimum atomic E-state index is -0.0779. The molecule has 4 aromatic rings. The summed E-state index contributed by atoms with van der Waals surface area (Å²) >= 11 is 1.50. The quantitative estimate of drug-likeness (QED) is 0.450. The first-order valence-corrected chi connectivity index (χ1v) is 11.3. The number of benzene rings is 1. The van der Waals surface area contributed by atoms with Gasteiger partial charge in [0.15, 0.2) is 5.82 Å². The lowest BCUT2D eigenvalue weighted by Gasteiger charge is -2.29. The molecule has 0 unspecified atom stereocenters. The lowest BCUT2D eigenvalue weighted by molar-refractivity contribution is -1.02. The van der Waals surface area contributed by atoms with Crippen molar-refractivity contribution in [3.63, 3.8) is 0 Å². The molecule has 3 aromatic heterocycles. The highest BCUT2D eigenvalue weighted by Gasteiger charge is 2.25. The van der Waals surface area contributed by atoms with Crippen LogP contribution < -0.4 is 15.4 Å². The van der Waals surface area contributed by atoms with E-state index in [4.69, 9.17) is 9.40 Å². The second-order valence-electron chi connectivity index (χ2n) is 8.10. The van der Waals surface area contributed by atoms with Crippen molar-refractivity contribution in [2.24, 2.45) is 0 Å². The van der Waals surface area contributed by atoms with Crippen LogP contribution in [0, 0.1) is 6.92 Å². The van der Waals surface area contributed by atoms with Crippen molar-refractivity contribution in [1.29, 1.82) is 0 Å². The van der Waals surface area contributed by atoms with Crippen LogP contribution in [0.15, 0.2) is 57.3 Å². The van der Waals surface area contributed by atoms with E-state index in [-0.39, 0.29) is 5.56 Å². The van der Waals surface area contributed by atoms with Crippen LogP contribution in [-0.2, 0) is 13.1 Å². The Bertz CT molecular complexity index is 1200. The highest BCUT2D eigenvalue weighted by Crippen LogP contribution is 2.30. The summed E-state index contributed by atoms with van der Waals surface area (Å²) in [6.45, 7) is 8.49. The highest BCUT2D eigenvalue weighted by atomic mass is 32.1. The van der Waals surface area contributed by atoms with Gasteiger partial charge in [-0.25, -0.2) is 4.98 Å². The Balaban J connectivity index is 1.26. The first kappa shape index (κ1) is 19.2. The highest BCUT2D eigenvalue weighted by molar-refractivity contribution is 7.17. The molecule has 0 aliphatic carbocycles. The second-order valence-corrected chi connectivity index (χ2v) is 8.96. The smallest absolute Gasteiger partial charge is 0.260 e. The van der Waals surface area contributed by atoms with E-state index >= 15 is 0 Å². The Morgan fingerprint density at radius 1 is 1.07 bits per heavy atom. The zero-order valence-electron chi connectivity index (χ0n) is 17.0. The molecule has 0 spiro atoms. The van der Waals surface area contributed by atoms with Gasteiger partial charge in [0.1, 0.15) is 49.9 Å². The van der Waals surface area contributed by atoms with Crippen molar-refractivity contribution in [3.8, 4) is 11.3 Å². The molecule has 0 atom stereocenters. The average Bonchev–Trinajstić information content (AvgIpc) is 3.41. The minimum absolute atomic E-state index is 0.0779. The summed E-state index contributed by atoms with van der Waals surface area (Å²) in [5.74, 6) is 1.48. The maximum absolute atomic E-state index is 12.8. The number of piperazine rings is 1. The third-order valence-corrected chi connectivity index (χ3v) is 6.94. The van der Waals surface area contributed by atoms with Gasteiger partial charge in [0, 0.05) is 16.5 Å². The van der Waals surface area contributed by atoms with E-state index < -0.39 is 0 Å². The summed E-state index contributed by atoms with van der Waals surface area (Å²) < 4.78 is 5.47. The number of fused-ring (bicyclic) bond motifs is 1. The Hall–Kier alpha value is -2.74. The maximum atomic E-state index is 12.8. The van der Waals surface area contributed by atoms with E-state index in [1.807, 2.05) is 17.5 Å².